The summed E-state index contributed by atoms with van der Waals surface area (Å²) in [7, 11) is 1.75. The van der Waals surface area contributed by atoms with Crippen molar-refractivity contribution < 1.29 is 9.59 Å². The summed E-state index contributed by atoms with van der Waals surface area (Å²) in [5, 5.41) is 2.80. The third kappa shape index (κ3) is 4.77. The minimum Gasteiger partial charge on any atom is -0.343 e. The summed E-state index contributed by atoms with van der Waals surface area (Å²) in [4.78, 5) is 27.3. The van der Waals surface area contributed by atoms with Crippen molar-refractivity contribution in [3.8, 4) is 0 Å². The summed E-state index contributed by atoms with van der Waals surface area (Å²) in [5.74, 6) is 0.138. The molecule has 0 atom stereocenters. The van der Waals surface area contributed by atoms with Crippen LogP contribution in [-0.2, 0) is 11.3 Å². The fourth-order valence-electron chi connectivity index (χ4n) is 2.47. The zero-order chi connectivity index (χ0) is 15.1. The monoisotopic (exact) mass is 289 g/mol. The van der Waals surface area contributed by atoms with Gasteiger partial charge in [0.25, 0.3) is 0 Å². The number of carbonyl (C=O) groups is 2. The Labute approximate surface area is 125 Å². The van der Waals surface area contributed by atoms with E-state index in [1.165, 1.54) is 0 Å². The molecule has 0 unspecified atom stereocenters. The highest BCUT2D eigenvalue weighted by molar-refractivity contribution is 5.78. The second-order valence-corrected chi connectivity index (χ2v) is 5.41. The van der Waals surface area contributed by atoms with Crippen LogP contribution in [-0.4, -0.2) is 48.4 Å². The van der Waals surface area contributed by atoms with Crippen molar-refractivity contribution in [1.29, 1.82) is 0 Å². The Morgan fingerprint density at radius 1 is 1.19 bits per heavy atom. The smallest absolute Gasteiger partial charge is 0.317 e. The highest BCUT2D eigenvalue weighted by Gasteiger charge is 2.17. The molecule has 5 heteroatoms. The molecule has 3 amide bonds. The van der Waals surface area contributed by atoms with Crippen LogP contribution in [0.15, 0.2) is 30.3 Å². The molecule has 1 aliphatic heterocycles. The SMILES string of the molecule is CN(Cc1ccccc1)C(=O)NCCC(=O)N1CCCC1. The van der Waals surface area contributed by atoms with E-state index in [0.717, 1.165) is 31.5 Å². The van der Waals surface area contributed by atoms with Gasteiger partial charge in [0.1, 0.15) is 0 Å². The molecule has 1 aromatic carbocycles. The number of hydrogen-bond donors (Lipinski definition) is 1. The average molecular weight is 289 g/mol. The molecular formula is C16H23N3O2. The number of nitrogens with zero attached hydrogens (tertiary/aromatic N) is 2. The van der Waals surface area contributed by atoms with E-state index >= 15 is 0 Å². The second kappa shape index (κ2) is 7.67. The van der Waals surface area contributed by atoms with E-state index in [2.05, 4.69) is 5.32 Å². The van der Waals surface area contributed by atoms with E-state index in [1.54, 1.807) is 11.9 Å². The molecule has 1 aromatic rings. The first kappa shape index (κ1) is 15.4. The quantitative estimate of drug-likeness (QED) is 0.899. The van der Waals surface area contributed by atoms with Gasteiger partial charge in [0.05, 0.1) is 0 Å². The van der Waals surface area contributed by atoms with E-state index in [1.807, 2.05) is 35.2 Å². The van der Waals surface area contributed by atoms with Crippen LogP contribution in [0.4, 0.5) is 4.79 Å². The zero-order valence-corrected chi connectivity index (χ0v) is 12.5. The van der Waals surface area contributed by atoms with E-state index in [9.17, 15) is 9.59 Å². The summed E-state index contributed by atoms with van der Waals surface area (Å²) in [6.07, 6.45) is 2.57. The van der Waals surface area contributed by atoms with Gasteiger partial charge in [-0.05, 0) is 18.4 Å². The van der Waals surface area contributed by atoms with E-state index in [4.69, 9.17) is 0 Å². The Morgan fingerprint density at radius 2 is 1.86 bits per heavy atom. The van der Waals surface area contributed by atoms with Gasteiger partial charge in [-0.1, -0.05) is 30.3 Å². The molecule has 114 valence electrons. The molecule has 0 aromatic heterocycles. The standard InChI is InChI=1S/C16H23N3O2/c1-18(13-14-7-3-2-4-8-14)16(21)17-10-9-15(20)19-11-5-6-12-19/h2-4,7-8H,5-6,9-13H2,1H3,(H,17,21). The largest absolute Gasteiger partial charge is 0.343 e. The lowest BCUT2D eigenvalue weighted by atomic mass is 10.2. The summed E-state index contributed by atoms with van der Waals surface area (Å²) in [6, 6.07) is 9.69. The van der Waals surface area contributed by atoms with Crippen LogP contribution < -0.4 is 5.32 Å². The molecule has 1 saturated heterocycles. The van der Waals surface area contributed by atoms with Gasteiger partial charge in [-0.15, -0.1) is 0 Å². The molecule has 1 heterocycles. The Morgan fingerprint density at radius 3 is 2.52 bits per heavy atom. The fourth-order valence-corrected chi connectivity index (χ4v) is 2.47. The highest BCUT2D eigenvalue weighted by atomic mass is 16.2. The predicted octanol–water partition coefficient (Wildman–Crippen LogP) is 1.84. The summed E-state index contributed by atoms with van der Waals surface area (Å²) < 4.78 is 0. The maximum absolute atomic E-state index is 11.9. The van der Waals surface area contributed by atoms with E-state index < -0.39 is 0 Å². The van der Waals surface area contributed by atoms with Gasteiger partial charge in [-0.2, -0.15) is 0 Å². The van der Waals surface area contributed by atoms with Crippen LogP contribution in [0.5, 0.6) is 0 Å². The number of benzene rings is 1. The van der Waals surface area contributed by atoms with Crippen molar-refractivity contribution >= 4 is 11.9 Å². The lowest BCUT2D eigenvalue weighted by Gasteiger charge is -2.19. The van der Waals surface area contributed by atoms with Gasteiger partial charge in [-0.25, -0.2) is 4.79 Å². The first-order valence-electron chi connectivity index (χ1n) is 7.47. The van der Waals surface area contributed by atoms with Crippen molar-refractivity contribution in [3.05, 3.63) is 35.9 Å². The number of likely N-dealkylation sites (tertiary alicyclic amines) is 1. The van der Waals surface area contributed by atoms with Crippen LogP contribution >= 0.6 is 0 Å². The molecule has 1 fully saturated rings. The molecule has 0 saturated carbocycles. The zero-order valence-electron chi connectivity index (χ0n) is 12.5. The molecular weight excluding hydrogens is 266 g/mol. The van der Waals surface area contributed by atoms with Crippen LogP contribution in [0, 0.1) is 0 Å². The molecule has 0 spiro atoms. The predicted molar refractivity (Wildman–Crippen MR) is 81.7 cm³/mol. The van der Waals surface area contributed by atoms with Crippen LogP contribution in [0.2, 0.25) is 0 Å². The second-order valence-electron chi connectivity index (χ2n) is 5.41. The lowest BCUT2D eigenvalue weighted by molar-refractivity contribution is -0.129. The Kier molecular flexibility index (Phi) is 5.60. The molecule has 1 aliphatic rings. The van der Waals surface area contributed by atoms with Gasteiger partial charge >= 0.3 is 6.03 Å². The average Bonchev–Trinajstić information content (AvgIpc) is 3.02. The van der Waals surface area contributed by atoms with Gasteiger partial charge < -0.3 is 15.1 Å². The van der Waals surface area contributed by atoms with Crippen molar-refractivity contribution in [2.24, 2.45) is 0 Å². The minimum atomic E-state index is -0.145. The fraction of sp³-hybridized carbons (Fsp3) is 0.500. The molecule has 21 heavy (non-hydrogen) atoms. The third-order valence-corrected chi connectivity index (χ3v) is 3.68. The summed E-state index contributed by atoms with van der Waals surface area (Å²) in [6.45, 7) is 2.68. The third-order valence-electron chi connectivity index (χ3n) is 3.68. The molecule has 0 aliphatic carbocycles. The van der Waals surface area contributed by atoms with Gasteiger partial charge in [0, 0.05) is 39.6 Å². The Balaban J connectivity index is 1.67. The van der Waals surface area contributed by atoms with Gasteiger partial charge in [0.15, 0.2) is 0 Å². The Bertz CT molecular complexity index is 470. The lowest BCUT2D eigenvalue weighted by Crippen LogP contribution is -2.39. The van der Waals surface area contributed by atoms with Crippen molar-refractivity contribution in [3.63, 3.8) is 0 Å². The summed E-state index contributed by atoms with van der Waals surface area (Å²) in [5.41, 5.74) is 1.09. The van der Waals surface area contributed by atoms with E-state index in [0.29, 0.717) is 19.5 Å². The Hall–Kier alpha value is -2.04. The molecule has 2 rings (SSSR count). The normalized spacial score (nSPS) is 14.0. The van der Waals surface area contributed by atoms with Gasteiger partial charge in [0.2, 0.25) is 5.91 Å². The van der Waals surface area contributed by atoms with Crippen molar-refractivity contribution in [1.82, 2.24) is 15.1 Å². The summed E-state index contributed by atoms with van der Waals surface area (Å²) >= 11 is 0. The molecule has 0 radical (unpaired) electrons. The van der Waals surface area contributed by atoms with Crippen molar-refractivity contribution in [2.75, 3.05) is 26.7 Å². The number of carbonyl (C=O) groups excluding carboxylic acids is 2. The molecule has 0 bridgehead atoms. The molecule has 5 nitrogen and oxygen atoms in total. The first-order chi connectivity index (χ1) is 10.2. The maximum atomic E-state index is 11.9. The molecule has 1 N–H and O–H groups in total. The van der Waals surface area contributed by atoms with E-state index in [-0.39, 0.29) is 11.9 Å². The minimum absolute atomic E-state index is 0.138. The number of hydrogen-bond acceptors (Lipinski definition) is 2. The number of rotatable bonds is 5. The number of nitrogens with one attached hydrogen (secondary N) is 1. The van der Waals surface area contributed by atoms with Crippen molar-refractivity contribution in [2.45, 2.75) is 25.8 Å². The number of amides is 3. The maximum Gasteiger partial charge on any atom is 0.317 e. The number of urea groups is 1. The topological polar surface area (TPSA) is 52.7 Å². The van der Waals surface area contributed by atoms with Crippen LogP contribution in [0.1, 0.15) is 24.8 Å². The van der Waals surface area contributed by atoms with Crippen LogP contribution in [0.3, 0.4) is 0 Å². The van der Waals surface area contributed by atoms with Gasteiger partial charge in [-0.3, -0.25) is 4.79 Å². The first-order valence-corrected chi connectivity index (χ1v) is 7.47. The van der Waals surface area contributed by atoms with Crippen LogP contribution in [0.25, 0.3) is 0 Å². The highest BCUT2D eigenvalue weighted by Crippen LogP contribution is 2.08.